The van der Waals surface area contributed by atoms with Crippen molar-refractivity contribution in [1.82, 2.24) is 9.03 Å². The first-order valence-electron chi connectivity index (χ1n) is 7.45. The molecule has 0 amide bonds. The van der Waals surface area contributed by atoms with E-state index in [4.69, 9.17) is 0 Å². The number of hydrogen-bond acceptors (Lipinski definition) is 3. The molecule has 1 aromatic rings. The highest BCUT2D eigenvalue weighted by atomic mass is 32.2. The van der Waals surface area contributed by atoms with Crippen molar-refractivity contribution in [3.8, 4) is 0 Å². The molecule has 5 nitrogen and oxygen atoms in total. The Kier molecular flexibility index (Phi) is 4.05. The molecular weight excluding hydrogens is 288 g/mol. The second-order valence-electron chi connectivity index (χ2n) is 6.21. The number of rotatable bonds is 5. The number of benzene rings is 1. The third-order valence-corrected chi connectivity index (χ3v) is 6.43. The van der Waals surface area contributed by atoms with Crippen molar-refractivity contribution in [3.63, 3.8) is 0 Å². The highest BCUT2D eigenvalue weighted by Gasteiger charge is 2.51. The lowest BCUT2D eigenvalue weighted by atomic mass is 9.82. The van der Waals surface area contributed by atoms with Crippen LogP contribution in [0.5, 0.6) is 0 Å². The van der Waals surface area contributed by atoms with Gasteiger partial charge in [0.1, 0.15) is 0 Å². The summed E-state index contributed by atoms with van der Waals surface area (Å²) in [6.07, 6.45) is 3.04. The molecule has 1 aliphatic heterocycles. The average Bonchev–Trinajstić information content (AvgIpc) is 3.04. The van der Waals surface area contributed by atoms with Gasteiger partial charge in [-0.2, -0.15) is 17.4 Å². The topological polar surface area (TPSA) is 69.6 Å². The molecule has 6 heteroatoms. The first kappa shape index (κ1) is 15.0. The van der Waals surface area contributed by atoms with Crippen LogP contribution in [0.4, 0.5) is 0 Å². The van der Waals surface area contributed by atoms with Gasteiger partial charge in [0, 0.05) is 25.0 Å². The zero-order valence-corrected chi connectivity index (χ0v) is 12.8. The van der Waals surface area contributed by atoms with Crippen molar-refractivity contribution < 1.29 is 13.5 Å². The lowest BCUT2D eigenvalue weighted by molar-refractivity contribution is 0.117. The van der Waals surface area contributed by atoms with Crippen LogP contribution in [0.25, 0.3) is 0 Å². The number of aliphatic hydroxyl groups excluding tert-OH is 1. The van der Waals surface area contributed by atoms with Gasteiger partial charge in [-0.05, 0) is 24.3 Å². The van der Waals surface area contributed by atoms with Crippen LogP contribution in [0.15, 0.2) is 30.3 Å². The molecule has 1 saturated heterocycles. The van der Waals surface area contributed by atoms with Gasteiger partial charge in [-0.15, -0.1) is 0 Å². The molecule has 21 heavy (non-hydrogen) atoms. The fourth-order valence-corrected chi connectivity index (χ4v) is 5.00. The van der Waals surface area contributed by atoms with E-state index in [0.717, 1.165) is 24.8 Å². The highest BCUT2D eigenvalue weighted by molar-refractivity contribution is 7.87. The summed E-state index contributed by atoms with van der Waals surface area (Å²) in [6.45, 7) is 1.36. The van der Waals surface area contributed by atoms with E-state index in [2.05, 4.69) is 4.72 Å². The first-order valence-corrected chi connectivity index (χ1v) is 8.89. The molecular formula is C15H22N2O3S. The van der Waals surface area contributed by atoms with Crippen molar-refractivity contribution in [3.05, 3.63) is 35.9 Å². The quantitative estimate of drug-likeness (QED) is 0.856. The Morgan fingerprint density at radius 3 is 2.76 bits per heavy atom. The van der Waals surface area contributed by atoms with Gasteiger partial charge in [-0.3, -0.25) is 0 Å². The van der Waals surface area contributed by atoms with Crippen LogP contribution < -0.4 is 4.72 Å². The van der Waals surface area contributed by atoms with E-state index >= 15 is 0 Å². The summed E-state index contributed by atoms with van der Waals surface area (Å²) >= 11 is 0. The van der Waals surface area contributed by atoms with Gasteiger partial charge in [-0.1, -0.05) is 36.8 Å². The molecule has 0 bridgehead atoms. The normalized spacial score (nSPS) is 29.7. The molecule has 0 unspecified atom stereocenters. The Balaban J connectivity index is 1.66. The van der Waals surface area contributed by atoms with E-state index in [-0.39, 0.29) is 12.0 Å². The number of nitrogens with zero attached hydrogens (tertiary/aromatic N) is 1. The Bertz CT molecular complexity index is 590. The lowest BCUT2D eigenvalue weighted by Crippen LogP contribution is -2.40. The SMILES string of the molecule is O=S(=O)(NCc1ccccc1)N1C[C@H]2CCC[C@@]2(CO)C1. The summed E-state index contributed by atoms with van der Waals surface area (Å²) < 4.78 is 29.0. The molecule has 1 saturated carbocycles. The van der Waals surface area contributed by atoms with Gasteiger partial charge >= 0.3 is 0 Å². The van der Waals surface area contributed by atoms with E-state index in [0.29, 0.717) is 25.6 Å². The minimum absolute atomic E-state index is 0.0857. The van der Waals surface area contributed by atoms with Gasteiger partial charge in [0.15, 0.2) is 0 Å². The van der Waals surface area contributed by atoms with E-state index < -0.39 is 10.2 Å². The van der Waals surface area contributed by atoms with Gasteiger partial charge in [0.2, 0.25) is 0 Å². The molecule has 2 atom stereocenters. The van der Waals surface area contributed by atoms with Gasteiger partial charge < -0.3 is 5.11 Å². The molecule has 1 aliphatic carbocycles. The standard InChI is InChI=1S/C15H22N2O3S/c18-12-15-8-4-7-14(15)10-17(11-15)21(19,20)16-9-13-5-2-1-3-6-13/h1-3,5-6,14,16,18H,4,7-12H2/t14-,15+/m1/s1. The van der Waals surface area contributed by atoms with E-state index in [1.54, 1.807) is 0 Å². The maximum absolute atomic E-state index is 12.4. The van der Waals surface area contributed by atoms with Crippen molar-refractivity contribution in [2.24, 2.45) is 11.3 Å². The fraction of sp³-hybridized carbons (Fsp3) is 0.600. The summed E-state index contributed by atoms with van der Waals surface area (Å²) in [5.41, 5.74) is 0.735. The molecule has 0 aromatic heterocycles. The van der Waals surface area contributed by atoms with Crippen LogP contribution in [0.3, 0.4) is 0 Å². The Morgan fingerprint density at radius 1 is 1.33 bits per heavy atom. The van der Waals surface area contributed by atoms with Crippen LogP contribution in [0.2, 0.25) is 0 Å². The average molecular weight is 310 g/mol. The van der Waals surface area contributed by atoms with Gasteiger partial charge in [-0.25, -0.2) is 0 Å². The number of fused-ring (bicyclic) bond motifs is 1. The smallest absolute Gasteiger partial charge is 0.279 e. The summed E-state index contributed by atoms with van der Waals surface area (Å²) in [5.74, 6) is 0.302. The zero-order valence-electron chi connectivity index (χ0n) is 12.0. The second kappa shape index (κ2) is 5.68. The van der Waals surface area contributed by atoms with E-state index in [1.165, 1.54) is 4.31 Å². The molecule has 0 radical (unpaired) electrons. The van der Waals surface area contributed by atoms with Crippen LogP contribution in [0.1, 0.15) is 24.8 Å². The van der Waals surface area contributed by atoms with Crippen molar-refractivity contribution in [1.29, 1.82) is 0 Å². The Morgan fingerprint density at radius 2 is 2.10 bits per heavy atom. The third-order valence-electron chi connectivity index (χ3n) is 4.96. The summed E-state index contributed by atoms with van der Waals surface area (Å²) in [5, 5.41) is 9.68. The molecule has 116 valence electrons. The summed E-state index contributed by atoms with van der Waals surface area (Å²) in [6, 6.07) is 9.49. The Hall–Kier alpha value is -0.950. The van der Waals surface area contributed by atoms with Gasteiger partial charge in [0.05, 0.1) is 6.61 Å². The number of nitrogens with one attached hydrogen (secondary N) is 1. The predicted molar refractivity (Wildman–Crippen MR) is 80.6 cm³/mol. The molecule has 1 aromatic carbocycles. The molecule has 3 rings (SSSR count). The van der Waals surface area contributed by atoms with Crippen LogP contribution >= 0.6 is 0 Å². The van der Waals surface area contributed by atoms with Crippen LogP contribution in [-0.2, 0) is 16.8 Å². The maximum Gasteiger partial charge on any atom is 0.279 e. The largest absolute Gasteiger partial charge is 0.396 e. The van der Waals surface area contributed by atoms with E-state index in [1.807, 2.05) is 30.3 Å². The molecule has 0 spiro atoms. The Labute approximate surface area is 126 Å². The maximum atomic E-state index is 12.4. The minimum atomic E-state index is -3.48. The zero-order chi connectivity index (χ0) is 14.9. The van der Waals surface area contributed by atoms with E-state index in [9.17, 15) is 13.5 Å². The molecule has 1 heterocycles. The van der Waals surface area contributed by atoms with Gasteiger partial charge in [0.25, 0.3) is 10.2 Å². The third kappa shape index (κ3) is 2.85. The van der Waals surface area contributed by atoms with Crippen molar-refractivity contribution in [2.45, 2.75) is 25.8 Å². The van der Waals surface area contributed by atoms with Crippen molar-refractivity contribution in [2.75, 3.05) is 19.7 Å². The first-order chi connectivity index (χ1) is 10.1. The monoisotopic (exact) mass is 310 g/mol. The predicted octanol–water partition coefficient (Wildman–Crippen LogP) is 1.12. The van der Waals surface area contributed by atoms with Crippen molar-refractivity contribution >= 4 is 10.2 Å². The fourth-order valence-electron chi connectivity index (χ4n) is 3.67. The lowest BCUT2D eigenvalue weighted by Gasteiger charge is -2.25. The molecule has 2 aliphatic rings. The number of hydrogen-bond donors (Lipinski definition) is 2. The minimum Gasteiger partial charge on any atom is -0.396 e. The van der Waals surface area contributed by atoms with Crippen LogP contribution in [0, 0.1) is 11.3 Å². The molecule has 2 N–H and O–H groups in total. The summed E-state index contributed by atoms with van der Waals surface area (Å²) in [7, 11) is -3.48. The second-order valence-corrected chi connectivity index (χ2v) is 7.97. The highest BCUT2D eigenvalue weighted by Crippen LogP contribution is 2.48. The number of aliphatic hydroxyl groups is 1. The summed E-state index contributed by atoms with van der Waals surface area (Å²) in [4.78, 5) is 0. The van der Waals surface area contributed by atoms with Crippen LogP contribution in [-0.4, -0.2) is 37.5 Å². The molecule has 2 fully saturated rings.